The number of carbonyl (C=O) groups is 1. The number of ether oxygens (including phenoxy) is 3. The van der Waals surface area contributed by atoms with Crippen molar-refractivity contribution >= 4 is 33.2 Å². The average Bonchev–Trinajstić information content (AvgIpc) is 3.22. The van der Waals surface area contributed by atoms with Gasteiger partial charge in [0.1, 0.15) is 30.5 Å². The molecule has 0 aliphatic rings. The van der Waals surface area contributed by atoms with Crippen LogP contribution in [0.2, 0.25) is 0 Å². The number of anilines is 1. The minimum atomic E-state index is -0.405. The molecular weight excluding hydrogens is 436 g/mol. The maximum Gasteiger partial charge on any atom is 0.341 e. The van der Waals surface area contributed by atoms with Crippen molar-refractivity contribution in [2.75, 3.05) is 12.3 Å². The Labute approximate surface area is 197 Å². The van der Waals surface area contributed by atoms with E-state index in [1.54, 1.807) is 6.92 Å². The number of hydrogen-bond acceptors (Lipinski definition) is 7. The number of hydrogen-bond donors (Lipinski definition) is 1. The summed E-state index contributed by atoms with van der Waals surface area (Å²) in [5.74, 6) is 1.37. The number of fused-ring (bicyclic) bond motifs is 1. The van der Waals surface area contributed by atoms with Crippen molar-refractivity contribution in [3.8, 4) is 11.5 Å². The van der Waals surface area contributed by atoms with E-state index in [1.165, 1.54) is 23.1 Å². The molecule has 2 N–H and O–H groups in total. The second-order valence-corrected chi connectivity index (χ2v) is 8.16. The molecule has 0 fully saturated rings. The molecule has 7 heteroatoms. The molecule has 0 saturated carbocycles. The van der Waals surface area contributed by atoms with Crippen molar-refractivity contribution in [2.24, 2.45) is 0 Å². The maximum absolute atomic E-state index is 12.2. The summed E-state index contributed by atoms with van der Waals surface area (Å²) in [6.07, 6.45) is 1.46. The summed E-state index contributed by atoms with van der Waals surface area (Å²) in [4.78, 5) is 16.4. The fraction of sp³-hybridized carbons (Fsp3) is 0.231. The second-order valence-electron chi connectivity index (χ2n) is 7.28. The Balaban J connectivity index is 0.00000306. The lowest BCUT2D eigenvalue weighted by molar-refractivity contribution is 0.0528. The number of rotatable bonds is 8. The van der Waals surface area contributed by atoms with Crippen LogP contribution in [0.25, 0.3) is 10.1 Å². The number of nitrogens with zero attached hydrogens (tertiary/aromatic N) is 1. The van der Waals surface area contributed by atoms with E-state index in [9.17, 15) is 4.79 Å². The van der Waals surface area contributed by atoms with Crippen LogP contribution in [-0.4, -0.2) is 17.6 Å². The van der Waals surface area contributed by atoms with Gasteiger partial charge in [-0.15, -0.1) is 11.3 Å². The van der Waals surface area contributed by atoms with Gasteiger partial charge in [0.2, 0.25) is 0 Å². The van der Waals surface area contributed by atoms with Crippen molar-refractivity contribution < 1.29 is 19.0 Å². The van der Waals surface area contributed by atoms with E-state index < -0.39 is 5.97 Å². The standard InChI is InChI=1S/C25H24N2O4S.CH4/c1-3-29-25(28)21-12-27-24(26)22-18(15-32-23(21)22)14-31-20-9-5-8-19(11-20)30-13-17-7-4-6-16(2)10-17;/h4-12,15H,3,13-14H2,1-2H3,(H2,26,27);1H4. The minimum absolute atomic E-state index is 0. The van der Waals surface area contributed by atoms with Crippen LogP contribution in [0.3, 0.4) is 0 Å². The fourth-order valence-electron chi connectivity index (χ4n) is 3.37. The normalized spacial score (nSPS) is 10.5. The van der Waals surface area contributed by atoms with Gasteiger partial charge in [-0.3, -0.25) is 0 Å². The predicted molar refractivity (Wildman–Crippen MR) is 133 cm³/mol. The highest BCUT2D eigenvalue weighted by Crippen LogP contribution is 2.33. The molecular formula is C26H28N2O4S. The molecule has 0 radical (unpaired) electrons. The molecule has 0 aliphatic heterocycles. The van der Waals surface area contributed by atoms with Crippen LogP contribution in [0.4, 0.5) is 5.82 Å². The van der Waals surface area contributed by atoms with Gasteiger partial charge in [0.25, 0.3) is 0 Å². The zero-order valence-corrected chi connectivity index (χ0v) is 18.8. The van der Waals surface area contributed by atoms with E-state index in [4.69, 9.17) is 19.9 Å². The van der Waals surface area contributed by atoms with Gasteiger partial charge in [-0.25, -0.2) is 9.78 Å². The third-order valence-electron chi connectivity index (χ3n) is 4.88. The van der Waals surface area contributed by atoms with Gasteiger partial charge in [-0.1, -0.05) is 43.3 Å². The SMILES string of the molecule is C.CCOC(=O)c1cnc(N)c2c(COc3cccc(OCc4cccc(C)c4)c3)csc12. The van der Waals surface area contributed by atoms with Crippen LogP contribution in [0.5, 0.6) is 11.5 Å². The summed E-state index contributed by atoms with van der Waals surface area (Å²) >= 11 is 1.43. The molecule has 0 amide bonds. The first-order valence-corrected chi connectivity index (χ1v) is 11.2. The molecule has 4 rings (SSSR count). The number of nitrogens with two attached hydrogens (primary N) is 1. The molecule has 0 saturated heterocycles. The first-order chi connectivity index (χ1) is 15.5. The number of carbonyl (C=O) groups excluding carboxylic acids is 1. The van der Waals surface area contributed by atoms with Gasteiger partial charge in [0.15, 0.2) is 0 Å². The lowest BCUT2D eigenvalue weighted by atomic mass is 10.1. The summed E-state index contributed by atoms with van der Waals surface area (Å²) in [6, 6.07) is 15.7. The number of aryl methyl sites for hydroxylation is 1. The van der Waals surface area contributed by atoms with Gasteiger partial charge < -0.3 is 19.9 Å². The first-order valence-electron chi connectivity index (χ1n) is 10.3. The van der Waals surface area contributed by atoms with Crippen molar-refractivity contribution in [3.05, 3.63) is 82.4 Å². The van der Waals surface area contributed by atoms with Crippen LogP contribution in [-0.2, 0) is 18.0 Å². The largest absolute Gasteiger partial charge is 0.489 e. The van der Waals surface area contributed by atoms with Gasteiger partial charge in [-0.05, 0) is 36.9 Å². The highest BCUT2D eigenvalue weighted by atomic mass is 32.1. The summed E-state index contributed by atoms with van der Waals surface area (Å²) in [6.45, 7) is 4.91. The molecule has 0 atom stereocenters. The summed E-state index contributed by atoms with van der Waals surface area (Å²) in [5, 5.41) is 2.66. The summed E-state index contributed by atoms with van der Waals surface area (Å²) in [5.41, 5.74) is 9.71. The molecule has 0 unspecified atom stereocenters. The molecule has 172 valence electrons. The van der Waals surface area contributed by atoms with Gasteiger partial charge in [-0.2, -0.15) is 0 Å². The number of aromatic nitrogens is 1. The number of benzene rings is 2. The number of thiophene rings is 1. The van der Waals surface area contributed by atoms with Crippen molar-refractivity contribution in [3.63, 3.8) is 0 Å². The van der Waals surface area contributed by atoms with Crippen molar-refractivity contribution in [2.45, 2.75) is 34.5 Å². The van der Waals surface area contributed by atoms with E-state index in [-0.39, 0.29) is 7.43 Å². The van der Waals surface area contributed by atoms with Crippen LogP contribution in [0.1, 0.15) is 41.4 Å². The summed E-state index contributed by atoms with van der Waals surface area (Å²) < 4.78 is 17.8. The van der Waals surface area contributed by atoms with Gasteiger partial charge in [0.05, 0.1) is 16.9 Å². The van der Waals surface area contributed by atoms with Gasteiger partial charge >= 0.3 is 5.97 Å². The monoisotopic (exact) mass is 464 g/mol. The molecule has 4 aromatic rings. The van der Waals surface area contributed by atoms with E-state index in [0.717, 1.165) is 27.0 Å². The molecule has 0 aliphatic carbocycles. The lowest BCUT2D eigenvalue weighted by Crippen LogP contribution is -2.06. The smallest absolute Gasteiger partial charge is 0.341 e. The van der Waals surface area contributed by atoms with Crippen LogP contribution in [0, 0.1) is 6.92 Å². The molecule has 2 aromatic carbocycles. The Morgan fingerprint density at radius 2 is 1.79 bits per heavy atom. The molecule has 2 heterocycles. The molecule has 0 spiro atoms. The second kappa shape index (κ2) is 10.8. The lowest BCUT2D eigenvalue weighted by Gasteiger charge is -2.10. The van der Waals surface area contributed by atoms with Crippen LogP contribution < -0.4 is 15.2 Å². The Bertz CT molecular complexity index is 1250. The Morgan fingerprint density at radius 3 is 2.52 bits per heavy atom. The molecule has 0 bridgehead atoms. The highest BCUT2D eigenvalue weighted by Gasteiger charge is 2.18. The third kappa shape index (κ3) is 5.62. The topological polar surface area (TPSA) is 83.7 Å². The van der Waals surface area contributed by atoms with Crippen molar-refractivity contribution in [1.82, 2.24) is 4.98 Å². The molecule has 6 nitrogen and oxygen atoms in total. The quantitative estimate of drug-likeness (QED) is 0.315. The number of esters is 1. The Kier molecular flexibility index (Phi) is 7.90. The van der Waals surface area contributed by atoms with Crippen molar-refractivity contribution in [1.29, 1.82) is 0 Å². The van der Waals surface area contributed by atoms with Crippen LogP contribution in [0.15, 0.2) is 60.1 Å². The van der Waals surface area contributed by atoms with Crippen LogP contribution >= 0.6 is 11.3 Å². The highest BCUT2D eigenvalue weighted by molar-refractivity contribution is 7.17. The zero-order chi connectivity index (χ0) is 22.5. The van der Waals surface area contributed by atoms with E-state index >= 15 is 0 Å². The molecule has 2 aromatic heterocycles. The van der Waals surface area contributed by atoms with E-state index in [1.807, 2.05) is 41.8 Å². The van der Waals surface area contributed by atoms with E-state index in [2.05, 4.69) is 24.0 Å². The minimum Gasteiger partial charge on any atom is -0.489 e. The average molecular weight is 465 g/mol. The maximum atomic E-state index is 12.2. The van der Waals surface area contributed by atoms with Gasteiger partial charge in [0, 0.05) is 23.2 Å². The Morgan fingerprint density at radius 1 is 1.06 bits per heavy atom. The molecule has 33 heavy (non-hydrogen) atoms. The third-order valence-corrected chi connectivity index (χ3v) is 5.95. The fourth-order valence-corrected chi connectivity index (χ4v) is 4.44. The van der Waals surface area contributed by atoms with E-state index in [0.29, 0.717) is 37.0 Å². The predicted octanol–water partition coefficient (Wildman–Crippen LogP) is 6.16. The summed E-state index contributed by atoms with van der Waals surface area (Å²) in [7, 11) is 0. The number of nitrogen functional groups attached to an aromatic ring is 1. The number of pyridine rings is 1. The zero-order valence-electron chi connectivity index (χ0n) is 18.0. The first kappa shape index (κ1) is 24.1. The Hall–Kier alpha value is -3.58.